The number of carbonyl (C=O) groups excluding carboxylic acids is 1. The van der Waals surface area contributed by atoms with Crippen molar-refractivity contribution in [2.75, 3.05) is 26.2 Å². The SMILES string of the molecule is O=CN1CCNC[C@H]1[C@]1(O)CCCO1. The lowest BCUT2D eigenvalue weighted by molar-refractivity contribution is -0.213. The van der Waals surface area contributed by atoms with Crippen molar-refractivity contribution in [3.05, 3.63) is 0 Å². The molecule has 0 radical (unpaired) electrons. The third-order valence-electron chi connectivity index (χ3n) is 2.97. The Bertz CT molecular complexity index is 216. The lowest BCUT2D eigenvalue weighted by Crippen LogP contribution is -2.61. The summed E-state index contributed by atoms with van der Waals surface area (Å²) < 4.78 is 5.33. The summed E-state index contributed by atoms with van der Waals surface area (Å²) >= 11 is 0. The van der Waals surface area contributed by atoms with E-state index in [-0.39, 0.29) is 6.04 Å². The topological polar surface area (TPSA) is 61.8 Å². The second kappa shape index (κ2) is 3.84. The molecule has 2 N–H and O–H groups in total. The molecule has 2 heterocycles. The molecular formula is C9H16N2O3. The molecule has 2 fully saturated rings. The fourth-order valence-corrected chi connectivity index (χ4v) is 2.17. The van der Waals surface area contributed by atoms with Gasteiger partial charge in [0, 0.05) is 26.1 Å². The molecule has 80 valence electrons. The van der Waals surface area contributed by atoms with Gasteiger partial charge in [0.2, 0.25) is 6.41 Å². The van der Waals surface area contributed by atoms with E-state index in [4.69, 9.17) is 4.74 Å². The van der Waals surface area contributed by atoms with Crippen molar-refractivity contribution in [2.45, 2.75) is 24.7 Å². The first-order chi connectivity index (χ1) is 6.76. The summed E-state index contributed by atoms with van der Waals surface area (Å²) in [5.41, 5.74) is 0. The van der Waals surface area contributed by atoms with E-state index < -0.39 is 5.79 Å². The van der Waals surface area contributed by atoms with E-state index in [1.165, 1.54) is 0 Å². The normalized spacial score (nSPS) is 38.6. The van der Waals surface area contributed by atoms with Crippen molar-refractivity contribution in [1.82, 2.24) is 10.2 Å². The molecule has 0 saturated carbocycles. The molecule has 2 aliphatic rings. The van der Waals surface area contributed by atoms with E-state index in [2.05, 4.69) is 5.32 Å². The summed E-state index contributed by atoms with van der Waals surface area (Å²) in [6.45, 7) is 2.61. The fraction of sp³-hybridized carbons (Fsp3) is 0.889. The minimum atomic E-state index is -1.13. The van der Waals surface area contributed by atoms with E-state index >= 15 is 0 Å². The van der Waals surface area contributed by atoms with Crippen LogP contribution in [0.2, 0.25) is 0 Å². The minimum absolute atomic E-state index is 0.240. The highest BCUT2D eigenvalue weighted by atomic mass is 16.6. The number of nitrogens with one attached hydrogen (secondary N) is 1. The van der Waals surface area contributed by atoms with E-state index in [0.29, 0.717) is 26.1 Å². The van der Waals surface area contributed by atoms with Crippen molar-refractivity contribution >= 4 is 6.41 Å². The first-order valence-corrected chi connectivity index (χ1v) is 5.04. The number of hydrogen-bond donors (Lipinski definition) is 2. The van der Waals surface area contributed by atoms with Gasteiger partial charge in [0.05, 0.1) is 12.6 Å². The molecular weight excluding hydrogens is 184 g/mol. The van der Waals surface area contributed by atoms with Crippen LogP contribution in [0.4, 0.5) is 0 Å². The molecule has 0 bridgehead atoms. The van der Waals surface area contributed by atoms with Crippen molar-refractivity contribution in [3.63, 3.8) is 0 Å². The number of amides is 1. The van der Waals surface area contributed by atoms with Crippen LogP contribution in [0.15, 0.2) is 0 Å². The van der Waals surface area contributed by atoms with Crippen LogP contribution in [0, 0.1) is 0 Å². The van der Waals surface area contributed by atoms with Crippen LogP contribution >= 0.6 is 0 Å². The van der Waals surface area contributed by atoms with Crippen LogP contribution in [-0.2, 0) is 9.53 Å². The summed E-state index contributed by atoms with van der Waals surface area (Å²) in [4.78, 5) is 12.4. The number of rotatable bonds is 2. The zero-order chi connectivity index (χ0) is 10.0. The first kappa shape index (κ1) is 9.89. The van der Waals surface area contributed by atoms with Crippen LogP contribution in [0.1, 0.15) is 12.8 Å². The van der Waals surface area contributed by atoms with E-state index in [0.717, 1.165) is 19.4 Å². The van der Waals surface area contributed by atoms with Gasteiger partial charge in [-0.3, -0.25) is 4.79 Å². The molecule has 2 aliphatic heterocycles. The zero-order valence-corrected chi connectivity index (χ0v) is 8.11. The molecule has 5 heteroatoms. The Balaban J connectivity index is 2.09. The number of carbonyl (C=O) groups is 1. The van der Waals surface area contributed by atoms with Crippen molar-refractivity contribution in [2.24, 2.45) is 0 Å². The molecule has 2 rings (SSSR count). The fourth-order valence-electron chi connectivity index (χ4n) is 2.17. The lowest BCUT2D eigenvalue weighted by atomic mass is 10.0. The highest BCUT2D eigenvalue weighted by Gasteiger charge is 2.44. The zero-order valence-electron chi connectivity index (χ0n) is 8.11. The third kappa shape index (κ3) is 1.63. The smallest absolute Gasteiger partial charge is 0.210 e. The maximum atomic E-state index is 10.8. The largest absolute Gasteiger partial charge is 0.364 e. The molecule has 14 heavy (non-hydrogen) atoms. The molecule has 0 aliphatic carbocycles. The quantitative estimate of drug-likeness (QED) is 0.556. The van der Waals surface area contributed by atoms with Gasteiger partial charge in [0.25, 0.3) is 0 Å². The monoisotopic (exact) mass is 200 g/mol. The number of hydrogen-bond acceptors (Lipinski definition) is 4. The standard InChI is InChI=1S/C9H16N2O3/c12-7-11-4-3-10-6-8(11)9(13)2-1-5-14-9/h7-8,10,13H,1-6H2/t8-,9-/m0/s1. The summed E-state index contributed by atoms with van der Waals surface area (Å²) in [7, 11) is 0. The average Bonchev–Trinajstić information content (AvgIpc) is 2.66. The number of piperazine rings is 1. The maximum Gasteiger partial charge on any atom is 0.210 e. The molecule has 0 aromatic rings. The lowest BCUT2D eigenvalue weighted by Gasteiger charge is -2.41. The Kier molecular flexibility index (Phi) is 2.71. The van der Waals surface area contributed by atoms with Gasteiger partial charge in [-0.05, 0) is 6.42 Å². The van der Waals surface area contributed by atoms with Crippen LogP contribution in [0.5, 0.6) is 0 Å². The predicted molar refractivity (Wildman–Crippen MR) is 49.6 cm³/mol. The molecule has 0 spiro atoms. The van der Waals surface area contributed by atoms with Gasteiger partial charge in [-0.1, -0.05) is 0 Å². The van der Waals surface area contributed by atoms with E-state index in [1.807, 2.05) is 0 Å². The second-order valence-electron chi connectivity index (χ2n) is 3.86. The highest BCUT2D eigenvalue weighted by Crippen LogP contribution is 2.29. The Hall–Kier alpha value is -0.650. The van der Waals surface area contributed by atoms with E-state index in [1.54, 1.807) is 4.90 Å². The molecule has 5 nitrogen and oxygen atoms in total. The number of aliphatic hydroxyl groups is 1. The molecule has 0 aromatic carbocycles. The molecule has 0 aromatic heterocycles. The van der Waals surface area contributed by atoms with Crippen LogP contribution < -0.4 is 5.32 Å². The molecule has 1 amide bonds. The summed E-state index contributed by atoms with van der Waals surface area (Å²) in [5.74, 6) is -1.13. The van der Waals surface area contributed by atoms with Crippen molar-refractivity contribution in [3.8, 4) is 0 Å². The summed E-state index contributed by atoms with van der Waals surface area (Å²) in [5, 5.41) is 13.3. The van der Waals surface area contributed by atoms with Gasteiger partial charge in [0.15, 0.2) is 5.79 Å². The van der Waals surface area contributed by atoms with Crippen molar-refractivity contribution < 1.29 is 14.6 Å². The predicted octanol–water partition coefficient (Wildman–Crippen LogP) is -1.08. The summed E-state index contributed by atoms with van der Waals surface area (Å²) in [6, 6.07) is -0.240. The minimum Gasteiger partial charge on any atom is -0.364 e. The second-order valence-corrected chi connectivity index (χ2v) is 3.86. The highest BCUT2D eigenvalue weighted by molar-refractivity contribution is 5.48. The molecule has 2 saturated heterocycles. The van der Waals surface area contributed by atoms with Gasteiger partial charge in [-0.2, -0.15) is 0 Å². The number of nitrogens with zero attached hydrogens (tertiary/aromatic N) is 1. The van der Waals surface area contributed by atoms with Gasteiger partial charge >= 0.3 is 0 Å². The van der Waals surface area contributed by atoms with Crippen molar-refractivity contribution in [1.29, 1.82) is 0 Å². The van der Waals surface area contributed by atoms with Gasteiger partial charge in [0.1, 0.15) is 0 Å². The Morgan fingerprint density at radius 3 is 3.14 bits per heavy atom. The Morgan fingerprint density at radius 1 is 1.64 bits per heavy atom. The first-order valence-electron chi connectivity index (χ1n) is 5.04. The van der Waals surface area contributed by atoms with Crippen LogP contribution in [-0.4, -0.2) is 54.5 Å². The molecule has 2 atom stereocenters. The van der Waals surface area contributed by atoms with Crippen LogP contribution in [0.3, 0.4) is 0 Å². The van der Waals surface area contributed by atoms with E-state index in [9.17, 15) is 9.90 Å². The average molecular weight is 200 g/mol. The Morgan fingerprint density at radius 2 is 2.50 bits per heavy atom. The van der Waals surface area contributed by atoms with Gasteiger partial charge in [-0.25, -0.2) is 0 Å². The maximum absolute atomic E-state index is 10.8. The Labute approximate surface area is 83.0 Å². The van der Waals surface area contributed by atoms with Crippen LogP contribution in [0.25, 0.3) is 0 Å². The van der Waals surface area contributed by atoms with Gasteiger partial charge < -0.3 is 20.1 Å². The third-order valence-corrected chi connectivity index (χ3v) is 2.97. The summed E-state index contributed by atoms with van der Waals surface area (Å²) in [6.07, 6.45) is 2.27. The number of ether oxygens (including phenoxy) is 1. The molecule has 0 unspecified atom stereocenters. The van der Waals surface area contributed by atoms with Gasteiger partial charge in [-0.15, -0.1) is 0 Å².